The third-order valence-electron chi connectivity index (χ3n) is 5.32. The second-order valence-electron chi connectivity index (χ2n) is 7.37. The first kappa shape index (κ1) is 19.2. The van der Waals surface area contributed by atoms with Crippen molar-refractivity contribution in [1.82, 2.24) is 19.5 Å². The van der Waals surface area contributed by atoms with Crippen molar-refractivity contribution < 1.29 is 18.9 Å². The van der Waals surface area contributed by atoms with Crippen LogP contribution in [0.15, 0.2) is 55.1 Å². The Kier molecular flexibility index (Phi) is 4.82. The molecule has 158 valence electrons. The van der Waals surface area contributed by atoms with E-state index in [0.29, 0.717) is 23.9 Å². The molecule has 0 N–H and O–H groups in total. The molecule has 2 atom stereocenters. The maximum atomic E-state index is 6.24. The number of rotatable bonds is 5. The molecule has 31 heavy (non-hydrogen) atoms. The van der Waals surface area contributed by atoms with E-state index in [-0.39, 0.29) is 12.2 Å². The lowest BCUT2D eigenvalue weighted by atomic mass is 10.1. The first-order valence-corrected chi connectivity index (χ1v) is 9.95. The zero-order valence-corrected chi connectivity index (χ0v) is 17.5. The first-order valence-electron chi connectivity index (χ1n) is 9.95. The second-order valence-corrected chi connectivity index (χ2v) is 7.37. The zero-order chi connectivity index (χ0) is 21.4. The predicted octanol–water partition coefficient (Wildman–Crippen LogP) is 3.79. The molecule has 3 aromatic heterocycles. The minimum absolute atomic E-state index is 0.166. The van der Waals surface area contributed by atoms with E-state index in [0.717, 1.165) is 28.0 Å². The first-order chi connectivity index (χ1) is 15.1. The molecular formula is C23H22N4O4. The van der Waals surface area contributed by atoms with Crippen molar-refractivity contribution >= 4 is 11.2 Å². The number of methoxy groups -OCH3 is 2. The Morgan fingerprint density at radius 3 is 2.61 bits per heavy atom. The molecule has 0 saturated carbocycles. The maximum Gasteiger partial charge on any atom is 0.212 e. The molecule has 1 aliphatic rings. The van der Waals surface area contributed by atoms with Crippen molar-refractivity contribution in [1.29, 1.82) is 0 Å². The highest BCUT2D eigenvalue weighted by molar-refractivity contribution is 5.72. The number of pyridine rings is 2. The number of ether oxygens (including phenoxy) is 4. The summed E-state index contributed by atoms with van der Waals surface area (Å²) >= 11 is 0. The van der Waals surface area contributed by atoms with E-state index >= 15 is 0 Å². The topological polar surface area (TPSA) is 80.5 Å². The van der Waals surface area contributed by atoms with Crippen LogP contribution < -0.4 is 18.9 Å². The summed E-state index contributed by atoms with van der Waals surface area (Å²) < 4.78 is 24.8. The molecule has 4 heterocycles. The summed E-state index contributed by atoms with van der Waals surface area (Å²) in [7, 11) is 3.21. The average Bonchev–Trinajstić information content (AvgIpc) is 3.20. The van der Waals surface area contributed by atoms with Gasteiger partial charge in [-0.2, -0.15) is 0 Å². The van der Waals surface area contributed by atoms with Crippen LogP contribution in [0.25, 0.3) is 11.2 Å². The minimum atomic E-state index is -0.242. The molecule has 8 heteroatoms. The molecule has 0 amide bonds. The van der Waals surface area contributed by atoms with Crippen LogP contribution in [0.2, 0.25) is 0 Å². The van der Waals surface area contributed by atoms with Gasteiger partial charge in [0.2, 0.25) is 5.88 Å². The quantitative estimate of drug-likeness (QED) is 0.488. The van der Waals surface area contributed by atoms with Gasteiger partial charge >= 0.3 is 0 Å². The molecule has 1 aliphatic heterocycles. The molecule has 0 fully saturated rings. The van der Waals surface area contributed by atoms with Gasteiger partial charge in [0.15, 0.2) is 23.3 Å². The van der Waals surface area contributed by atoms with Crippen molar-refractivity contribution in [2.24, 2.45) is 0 Å². The maximum absolute atomic E-state index is 6.24. The van der Waals surface area contributed by atoms with Crippen LogP contribution in [0, 0.1) is 0 Å². The van der Waals surface area contributed by atoms with Gasteiger partial charge in [-0.25, -0.2) is 15.0 Å². The summed E-state index contributed by atoms with van der Waals surface area (Å²) in [6.45, 7) is 2.61. The SMILES string of the molecule is COc1cnc2c(c1)ncn2Cc1ccc2c(c1)OC(C)C(c1ccc(OC)nc1)O2. The van der Waals surface area contributed by atoms with Gasteiger partial charge in [-0.3, -0.25) is 0 Å². The van der Waals surface area contributed by atoms with Crippen molar-refractivity contribution in [2.75, 3.05) is 14.2 Å². The van der Waals surface area contributed by atoms with Crippen LogP contribution in [-0.4, -0.2) is 39.8 Å². The number of hydrogen-bond donors (Lipinski definition) is 0. The van der Waals surface area contributed by atoms with Crippen molar-refractivity contribution in [3.63, 3.8) is 0 Å². The molecule has 8 nitrogen and oxygen atoms in total. The smallest absolute Gasteiger partial charge is 0.212 e. The largest absolute Gasteiger partial charge is 0.495 e. The van der Waals surface area contributed by atoms with Gasteiger partial charge in [0.05, 0.1) is 33.3 Å². The normalized spacial score (nSPS) is 17.5. The van der Waals surface area contributed by atoms with Crippen LogP contribution in [0.1, 0.15) is 24.2 Å². The van der Waals surface area contributed by atoms with Crippen LogP contribution in [0.5, 0.6) is 23.1 Å². The van der Waals surface area contributed by atoms with E-state index in [2.05, 4.69) is 15.0 Å². The monoisotopic (exact) mass is 418 g/mol. The Labute approximate surface area is 179 Å². The lowest BCUT2D eigenvalue weighted by molar-refractivity contribution is 0.0303. The average molecular weight is 418 g/mol. The Balaban J connectivity index is 1.37. The minimum Gasteiger partial charge on any atom is -0.495 e. The molecular weight excluding hydrogens is 396 g/mol. The number of hydrogen-bond acceptors (Lipinski definition) is 7. The van der Waals surface area contributed by atoms with Gasteiger partial charge < -0.3 is 23.5 Å². The van der Waals surface area contributed by atoms with E-state index in [1.54, 1.807) is 32.9 Å². The van der Waals surface area contributed by atoms with Gasteiger partial charge in [-0.1, -0.05) is 6.07 Å². The predicted molar refractivity (Wildman–Crippen MR) is 114 cm³/mol. The van der Waals surface area contributed by atoms with Gasteiger partial charge in [-0.05, 0) is 30.7 Å². The van der Waals surface area contributed by atoms with E-state index in [4.69, 9.17) is 18.9 Å². The number of aromatic nitrogens is 4. The fourth-order valence-corrected chi connectivity index (χ4v) is 3.71. The van der Waals surface area contributed by atoms with Crippen molar-refractivity contribution in [2.45, 2.75) is 25.7 Å². The lowest BCUT2D eigenvalue weighted by Gasteiger charge is -2.32. The van der Waals surface area contributed by atoms with Crippen molar-refractivity contribution in [3.8, 4) is 23.1 Å². The van der Waals surface area contributed by atoms with Crippen molar-refractivity contribution in [3.05, 3.63) is 66.2 Å². The van der Waals surface area contributed by atoms with E-state index in [9.17, 15) is 0 Å². The van der Waals surface area contributed by atoms with Crippen LogP contribution >= 0.6 is 0 Å². The fourth-order valence-electron chi connectivity index (χ4n) is 3.71. The molecule has 2 unspecified atom stereocenters. The number of imidazole rings is 1. The third kappa shape index (κ3) is 3.61. The van der Waals surface area contributed by atoms with E-state index in [1.165, 1.54) is 0 Å². The van der Waals surface area contributed by atoms with Gasteiger partial charge in [-0.15, -0.1) is 0 Å². The Morgan fingerprint density at radius 2 is 1.84 bits per heavy atom. The summed E-state index contributed by atoms with van der Waals surface area (Å²) in [6, 6.07) is 11.6. The van der Waals surface area contributed by atoms with E-state index < -0.39 is 0 Å². The lowest BCUT2D eigenvalue weighted by Crippen LogP contribution is -2.30. The van der Waals surface area contributed by atoms with Crippen LogP contribution in [-0.2, 0) is 6.54 Å². The van der Waals surface area contributed by atoms with Gasteiger partial charge in [0.25, 0.3) is 0 Å². The molecule has 1 aromatic carbocycles. The molecule has 0 radical (unpaired) electrons. The number of nitrogens with zero attached hydrogens (tertiary/aromatic N) is 4. The highest BCUT2D eigenvalue weighted by Gasteiger charge is 2.30. The van der Waals surface area contributed by atoms with Crippen LogP contribution in [0.4, 0.5) is 0 Å². The zero-order valence-electron chi connectivity index (χ0n) is 17.5. The standard InChI is InChI=1S/C23H22N4O4/c1-14-22(16-5-7-21(29-3)24-10-16)31-19-6-4-15(8-20(19)30-14)12-27-13-26-18-9-17(28-2)11-25-23(18)27/h4-11,13-14,22H,12H2,1-3H3. The molecule has 0 aliphatic carbocycles. The molecule has 5 rings (SSSR count). The van der Waals surface area contributed by atoms with E-state index in [1.807, 2.05) is 47.9 Å². The fraction of sp³-hybridized carbons (Fsp3) is 0.261. The summed E-state index contributed by atoms with van der Waals surface area (Å²) in [5.74, 6) is 2.69. The summed E-state index contributed by atoms with van der Waals surface area (Å²) in [5, 5.41) is 0. The van der Waals surface area contributed by atoms with Crippen LogP contribution in [0.3, 0.4) is 0 Å². The second kappa shape index (κ2) is 7.79. The van der Waals surface area contributed by atoms with Gasteiger partial charge in [0, 0.05) is 23.9 Å². The summed E-state index contributed by atoms with van der Waals surface area (Å²) in [6.07, 6.45) is 4.83. The molecule has 0 bridgehead atoms. The number of benzene rings is 1. The molecule has 0 spiro atoms. The molecule has 4 aromatic rings. The highest BCUT2D eigenvalue weighted by Crippen LogP contribution is 2.40. The Bertz CT molecular complexity index is 1220. The Hall–Kier alpha value is -3.81. The highest BCUT2D eigenvalue weighted by atomic mass is 16.6. The summed E-state index contributed by atoms with van der Waals surface area (Å²) in [4.78, 5) is 13.2. The third-order valence-corrected chi connectivity index (χ3v) is 5.32. The summed E-state index contributed by atoms with van der Waals surface area (Å²) in [5.41, 5.74) is 3.60. The molecule has 0 saturated heterocycles. The van der Waals surface area contributed by atoms with Gasteiger partial charge in [0.1, 0.15) is 17.4 Å². The number of fused-ring (bicyclic) bond motifs is 2. The Morgan fingerprint density at radius 1 is 0.935 bits per heavy atom.